The summed E-state index contributed by atoms with van der Waals surface area (Å²) in [5.41, 5.74) is 6.75. The van der Waals surface area contributed by atoms with Crippen molar-refractivity contribution in [3.8, 4) is 5.75 Å². The summed E-state index contributed by atoms with van der Waals surface area (Å²) in [6.07, 6.45) is 6.92. The van der Waals surface area contributed by atoms with Crippen molar-refractivity contribution >= 4 is 0 Å². The van der Waals surface area contributed by atoms with Crippen LogP contribution in [0.5, 0.6) is 5.75 Å². The van der Waals surface area contributed by atoms with Crippen LogP contribution in [0.4, 0.5) is 0 Å². The predicted octanol–water partition coefficient (Wildman–Crippen LogP) is 3.04. The molecule has 3 nitrogen and oxygen atoms in total. The maximum Gasteiger partial charge on any atom is 0.119 e. The second-order valence-electron chi connectivity index (χ2n) is 6.70. The SMILES string of the molecule is NCc1ccc(OCCCN(CC2CC2)CC2CC2)cc1. The molecule has 2 aliphatic rings. The van der Waals surface area contributed by atoms with Crippen LogP contribution in [0, 0.1) is 11.8 Å². The van der Waals surface area contributed by atoms with Gasteiger partial charge in [0.15, 0.2) is 0 Å². The maximum absolute atomic E-state index is 5.83. The first-order chi connectivity index (χ1) is 10.3. The molecule has 0 saturated heterocycles. The number of benzene rings is 1. The molecule has 3 rings (SSSR count). The molecular formula is C18H28N2O. The molecule has 0 spiro atoms. The maximum atomic E-state index is 5.83. The minimum atomic E-state index is 0.595. The van der Waals surface area contributed by atoms with Gasteiger partial charge in [-0.2, -0.15) is 0 Å². The summed E-state index contributed by atoms with van der Waals surface area (Å²) in [6, 6.07) is 8.13. The van der Waals surface area contributed by atoms with Crippen LogP contribution in [0.15, 0.2) is 24.3 Å². The third kappa shape index (κ3) is 5.33. The Morgan fingerprint density at radius 2 is 1.62 bits per heavy atom. The molecule has 0 radical (unpaired) electrons. The van der Waals surface area contributed by atoms with Crippen LogP contribution in [0.3, 0.4) is 0 Å². The van der Waals surface area contributed by atoms with Crippen molar-refractivity contribution in [2.24, 2.45) is 17.6 Å². The fraction of sp³-hybridized carbons (Fsp3) is 0.667. The van der Waals surface area contributed by atoms with E-state index in [-0.39, 0.29) is 0 Å². The fourth-order valence-corrected chi connectivity index (χ4v) is 2.79. The van der Waals surface area contributed by atoms with E-state index >= 15 is 0 Å². The summed E-state index contributed by atoms with van der Waals surface area (Å²) >= 11 is 0. The van der Waals surface area contributed by atoms with Crippen molar-refractivity contribution < 1.29 is 4.74 Å². The zero-order valence-corrected chi connectivity index (χ0v) is 13.0. The van der Waals surface area contributed by atoms with E-state index in [4.69, 9.17) is 10.5 Å². The third-order valence-electron chi connectivity index (χ3n) is 4.47. The molecule has 0 amide bonds. The van der Waals surface area contributed by atoms with Gasteiger partial charge in [-0.1, -0.05) is 12.1 Å². The Morgan fingerprint density at radius 1 is 1.00 bits per heavy atom. The van der Waals surface area contributed by atoms with Gasteiger partial charge in [0.05, 0.1) is 6.61 Å². The minimum Gasteiger partial charge on any atom is -0.494 e. The summed E-state index contributed by atoms with van der Waals surface area (Å²) in [5, 5.41) is 0. The van der Waals surface area contributed by atoms with E-state index in [0.717, 1.165) is 36.2 Å². The van der Waals surface area contributed by atoms with Gasteiger partial charge in [0.25, 0.3) is 0 Å². The van der Waals surface area contributed by atoms with E-state index in [1.807, 2.05) is 24.3 Å². The minimum absolute atomic E-state index is 0.595. The molecular weight excluding hydrogens is 260 g/mol. The molecule has 2 aliphatic carbocycles. The summed E-state index contributed by atoms with van der Waals surface area (Å²) < 4.78 is 5.83. The quantitative estimate of drug-likeness (QED) is 0.673. The standard InChI is InChI=1S/C18H28N2O/c19-12-15-6-8-18(9-7-15)21-11-1-10-20(13-16-2-3-16)14-17-4-5-17/h6-9,16-17H,1-5,10-14,19H2. The lowest BCUT2D eigenvalue weighted by molar-refractivity contribution is 0.221. The molecule has 1 aromatic rings. The van der Waals surface area contributed by atoms with E-state index in [9.17, 15) is 0 Å². The summed E-state index contributed by atoms with van der Waals surface area (Å²) in [5.74, 6) is 2.95. The Balaban J connectivity index is 1.34. The molecule has 116 valence electrons. The highest BCUT2D eigenvalue weighted by atomic mass is 16.5. The molecule has 0 aromatic heterocycles. The van der Waals surface area contributed by atoms with Gasteiger partial charge in [-0.3, -0.25) is 0 Å². The average Bonchev–Trinajstić information content (AvgIpc) is 3.40. The van der Waals surface area contributed by atoms with Crippen LogP contribution < -0.4 is 10.5 Å². The van der Waals surface area contributed by atoms with Gasteiger partial charge in [-0.15, -0.1) is 0 Å². The van der Waals surface area contributed by atoms with Crippen molar-refractivity contribution in [1.29, 1.82) is 0 Å². The second kappa shape index (κ2) is 7.28. The van der Waals surface area contributed by atoms with Crippen molar-refractivity contribution in [3.63, 3.8) is 0 Å². The lowest BCUT2D eigenvalue weighted by Gasteiger charge is -2.22. The lowest BCUT2D eigenvalue weighted by atomic mass is 10.2. The van der Waals surface area contributed by atoms with Gasteiger partial charge in [0.1, 0.15) is 5.75 Å². The Morgan fingerprint density at radius 3 is 2.14 bits per heavy atom. The second-order valence-corrected chi connectivity index (χ2v) is 6.70. The van der Waals surface area contributed by atoms with Crippen LogP contribution >= 0.6 is 0 Å². The van der Waals surface area contributed by atoms with Crippen LogP contribution in [-0.4, -0.2) is 31.1 Å². The van der Waals surface area contributed by atoms with Crippen molar-refractivity contribution in [2.45, 2.75) is 38.6 Å². The number of hydrogen-bond donors (Lipinski definition) is 1. The molecule has 2 fully saturated rings. The Labute approximate surface area is 128 Å². The van der Waals surface area contributed by atoms with E-state index in [1.54, 1.807) is 0 Å². The van der Waals surface area contributed by atoms with Crippen LogP contribution in [0.25, 0.3) is 0 Å². The van der Waals surface area contributed by atoms with Crippen molar-refractivity contribution in [1.82, 2.24) is 4.90 Å². The van der Waals surface area contributed by atoms with Gasteiger partial charge >= 0.3 is 0 Å². The Kier molecular flexibility index (Phi) is 5.15. The molecule has 0 aliphatic heterocycles. The van der Waals surface area contributed by atoms with Gasteiger partial charge in [0, 0.05) is 26.2 Å². The summed E-state index contributed by atoms with van der Waals surface area (Å²) in [4.78, 5) is 2.68. The third-order valence-corrected chi connectivity index (χ3v) is 4.47. The number of nitrogens with zero attached hydrogens (tertiary/aromatic N) is 1. The van der Waals surface area contributed by atoms with E-state index in [2.05, 4.69) is 4.90 Å². The largest absolute Gasteiger partial charge is 0.494 e. The normalized spacial score (nSPS) is 18.2. The van der Waals surface area contributed by atoms with E-state index in [1.165, 1.54) is 45.3 Å². The van der Waals surface area contributed by atoms with Crippen LogP contribution in [0.2, 0.25) is 0 Å². The van der Waals surface area contributed by atoms with Crippen molar-refractivity contribution in [2.75, 3.05) is 26.2 Å². The van der Waals surface area contributed by atoms with Gasteiger partial charge in [0.2, 0.25) is 0 Å². The molecule has 0 unspecified atom stereocenters. The molecule has 0 heterocycles. The summed E-state index contributed by atoms with van der Waals surface area (Å²) in [6.45, 7) is 5.24. The number of hydrogen-bond acceptors (Lipinski definition) is 3. The van der Waals surface area contributed by atoms with E-state index < -0.39 is 0 Å². The molecule has 3 heteroatoms. The molecule has 1 aromatic carbocycles. The van der Waals surface area contributed by atoms with Crippen molar-refractivity contribution in [3.05, 3.63) is 29.8 Å². The number of ether oxygens (including phenoxy) is 1. The van der Waals surface area contributed by atoms with Gasteiger partial charge in [-0.05, 0) is 61.6 Å². The Bertz CT molecular complexity index is 409. The topological polar surface area (TPSA) is 38.5 Å². The zero-order valence-electron chi connectivity index (χ0n) is 13.0. The highest BCUT2D eigenvalue weighted by molar-refractivity contribution is 5.26. The molecule has 2 N–H and O–H groups in total. The number of rotatable bonds is 10. The highest BCUT2D eigenvalue weighted by Gasteiger charge is 2.28. The van der Waals surface area contributed by atoms with Gasteiger partial charge < -0.3 is 15.4 Å². The van der Waals surface area contributed by atoms with Gasteiger partial charge in [-0.25, -0.2) is 0 Å². The smallest absolute Gasteiger partial charge is 0.119 e. The predicted molar refractivity (Wildman–Crippen MR) is 86.3 cm³/mol. The van der Waals surface area contributed by atoms with Crippen LogP contribution in [0.1, 0.15) is 37.7 Å². The number of nitrogens with two attached hydrogens (primary N) is 1. The fourth-order valence-electron chi connectivity index (χ4n) is 2.79. The van der Waals surface area contributed by atoms with Crippen LogP contribution in [-0.2, 0) is 6.54 Å². The molecule has 21 heavy (non-hydrogen) atoms. The zero-order chi connectivity index (χ0) is 14.5. The summed E-state index contributed by atoms with van der Waals surface area (Å²) in [7, 11) is 0. The van der Waals surface area contributed by atoms with E-state index in [0.29, 0.717) is 6.54 Å². The molecule has 0 bridgehead atoms. The first-order valence-electron chi connectivity index (χ1n) is 8.47. The lowest BCUT2D eigenvalue weighted by Crippen LogP contribution is -2.30. The Hall–Kier alpha value is -1.06. The average molecular weight is 288 g/mol. The highest BCUT2D eigenvalue weighted by Crippen LogP contribution is 2.33. The first kappa shape index (κ1) is 14.9. The first-order valence-corrected chi connectivity index (χ1v) is 8.47. The molecule has 2 saturated carbocycles. The molecule has 0 atom stereocenters. The monoisotopic (exact) mass is 288 g/mol.